The van der Waals surface area contributed by atoms with E-state index in [0.29, 0.717) is 11.4 Å². The third kappa shape index (κ3) is 4.69. The number of nitrogens with two attached hydrogens (primary N) is 1. The minimum Gasteiger partial charge on any atom is -0.407 e. The van der Waals surface area contributed by atoms with Crippen LogP contribution in [0.25, 0.3) is 4.85 Å². The molecule has 0 heterocycles. The molecule has 106 valence electrons. The first kappa shape index (κ1) is 17.7. The number of nitrogens with one attached hydrogen (secondary N) is 1. The van der Waals surface area contributed by atoms with Crippen LogP contribution in [-0.4, -0.2) is 29.0 Å². The topological polar surface area (TPSA) is 82.9 Å². The van der Waals surface area contributed by atoms with Gasteiger partial charge >= 0.3 is 0 Å². The summed E-state index contributed by atoms with van der Waals surface area (Å²) in [6, 6.07) is 4.74. The minimum absolute atomic E-state index is 0. The third-order valence-electron chi connectivity index (χ3n) is 2.72. The van der Waals surface area contributed by atoms with Gasteiger partial charge in [-0.2, -0.15) is 0 Å². The third-order valence-corrected chi connectivity index (χ3v) is 2.72. The lowest BCUT2D eigenvalue weighted by atomic mass is 10.0. The second-order valence-corrected chi connectivity index (χ2v) is 4.85. The van der Waals surface area contributed by atoms with Gasteiger partial charge in [0.25, 0.3) is 0 Å². The highest BCUT2D eigenvalue weighted by atomic mass is 35.5. The molecule has 0 aliphatic rings. The van der Waals surface area contributed by atoms with E-state index in [1.165, 1.54) is 0 Å². The molecule has 5 N–H and O–H groups in total. The number of aliphatic hydroxyl groups excluding tert-OH is 2. The van der Waals surface area contributed by atoms with Crippen LogP contribution in [0.3, 0.4) is 0 Å². The van der Waals surface area contributed by atoms with Crippen LogP contribution in [0.1, 0.15) is 25.5 Å². The Morgan fingerprint density at radius 2 is 2.05 bits per heavy atom. The maximum absolute atomic E-state index is 9.42. The molecule has 0 amide bonds. The maximum atomic E-state index is 9.42. The molecule has 19 heavy (non-hydrogen) atoms. The Kier molecular flexibility index (Phi) is 6.81. The van der Waals surface area contributed by atoms with Gasteiger partial charge in [-0.05, 0) is 31.5 Å². The van der Waals surface area contributed by atoms with Crippen LogP contribution in [-0.2, 0) is 0 Å². The second kappa shape index (κ2) is 7.31. The second-order valence-electron chi connectivity index (χ2n) is 4.85. The number of hydrogen-bond donors (Lipinski definition) is 4. The molecule has 1 unspecified atom stereocenters. The normalized spacial score (nSPS) is 12.4. The van der Waals surface area contributed by atoms with Gasteiger partial charge in [0.1, 0.15) is 0 Å². The summed E-state index contributed by atoms with van der Waals surface area (Å²) in [6.07, 6.45) is 0. The molecule has 0 aliphatic heterocycles. The smallest absolute Gasteiger partial charge is 0.209 e. The number of rotatable bonds is 5. The summed E-state index contributed by atoms with van der Waals surface area (Å²) in [4.78, 5) is 3.33. The standard InChI is InChI=1S/C13H19N3O2.ClH/c1-13(2,8-18)16-12(7-17)9-4-5-10(14)11(6-9)15-3;/h4-6,12,16-18H,7-8,14H2,1-2H3;1H. The van der Waals surface area contributed by atoms with Gasteiger partial charge in [0.2, 0.25) is 5.69 Å². The van der Waals surface area contributed by atoms with Gasteiger partial charge in [0.15, 0.2) is 0 Å². The number of nitrogen functional groups attached to an aromatic ring is 1. The molecule has 5 nitrogen and oxygen atoms in total. The molecule has 0 spiro atoms. The molecule has 1 atom stereocenters. The number of nitrogens with zero attached hydrogens (tertiary/aromatic N) is 1. The van der Waals surface area contributed by atoms with Crippen molar-refractivity contribution in [1.82, 2.24) is 5.32 Å². The predicted octanol–water partition coefficient (Wildman–Crippen LogP) is 1.64. The summed E-state index contributed by atoms with van der Waals surface area (Å²) in [7, 11) is 0. The summed E-state index contributed by atoms with van der Waals surface area (Å²) in [5.41, 5.74) is 6.72. The fraction of sp³-hybridized carbons (Fsp3) is 0.462. The van der Waals surface area contributed by atoms with E-state index < -0.39 is 5.54 Å². The first-order chi connectivity index (χ1) is 8.43. The van der Waals surface area contributed by atoms with Crippen LogP contribution in [0.15, 0.2) is 18.2 Å². The van der Waals surface area contributed by atoms with E-state index in [1.807, 2.05) is 13.8 Å². The van der Waals surface area contributed by atoms with Crippen LogP contribution in [0.4, 0.5) is 11.4 Å². The molecule has 1 aromatic carbocycles. The molecular weight excluding hydrogens is 266 g/mol. The van der Waals surface area contributed by atoms with E-state index >= 15 is 0 Å². The number of halogens is 1. The van der Waals surface area contributed by atoms with Gasteiger partial charge in [0.05, 0.1) is 25.8 Å². The van der Waals surface area contributed by atoms with Gasteiger partial charge in [-0.3, -0.25) is 0 Å². The van der Waals surface area contributed by atoms with Crippen molar-refractivity contribution in [2.24, 2.45) is 0 Å². The minimum atomic E-state index is -0.507. The Morgan fingerprint density at radius 3 is 2.53 bits per heavy atom. The van der Waals surface area contributed by atoms with E-state index in [4.69, 9.17) is 12.3 Å². The molecule has 6 heteroatoms. The number of benzene rings is 1. The Hall–Kier alpha value is -1.32. The van der Waals surface area contributed by atoms with E-state index in [-0.39, 0.29) is 31.7 Å². The summed E-state index contributed by atoms with van der Waals surface area (Å²) in [6.45, 7) is 10.5. The Bertz CT molecular complexity index is 458. The van der Waals surface area contributed by atoms with Crippen molar-refractivity contribution in [3.8, 4) is 0 Å². The number of hydrogen-bond acceptors (Lipinski definition) is 4. The Balaban J connectivity index is 0.00000324. The van der Waals surface area contributed by atoms with Crippen molar-refractivity contribution in [1.29, 1.82) is 0 Å². The first-order valence-electron chi connectivity index (χ1n) is 5.70. The van der Waals surface area contributed by atoms with Gasteiger partial charge in [0, 0.05) is 11.2 Å². The molecule has 1 rings (SSSR count). The van der Waals surface area contributed by atoms with E-state index in [2.05, 4.69) is 10.2 Å². The number of aliphatic hydroxyl groups is 2. The lowest BCUT2D eigenvalue weighted by molar-refractivity contribution is 0.150. The first-order valence-corrected chi connectivity index (χ1v) is 5.70. The van der Waals surface area contributed by atoms with E-state index in [9.17, 15) is 10.2 Å². The largest absolute Gasteiger partial charge is 0.407 e. The highest BCUT2D eigenvalue weighted by molar-refractivity contribution is 5.85. The SMILES string of the molecule is Cl.[C-]#[N+]c1cc(C(CO)NC(C)(C)CO)ccc1N. The predicted molar refractivity (Wildman–Crippen MR) is 78.5 cm³/mol. The van der Waals surface area contributed by atoms with Crippen molar-refractivity contribution >= 4 is 23.8 Å². The van der Waals surface area contributed by atoms with Gasteiger partial charge in [-0.1, -0.05) is 6.07 Å². The van der Waals surface area contributed by atoms with Crippen molar-refractivity contribution in [2.75, 3.05) is 18.9 Å². The van der Waals surface area contributed by atoms with Crippen molar-refractivity contribution in [2.45, 2.75) is 25.4 Å². The van der Waals surface area contributed by atoms with E-state index in [0.717, 1.165) is 5.56 Å². The average molecular weight is 286 g/mol. The summed E-state index contributed by atoms with van der Waals surface area (Å²) >= 11 is 0. The van der Waals surface area contributed by atoms with Gasteiger partial charge in [-0.25, -0.2) is 4.85 Å². The quantitative estimate of drug-likeness (QED) is 0.490. The molecule has 1 aromatic rings. The lowest BCUT2D eigenvalue weighted by Gasteiger charge is -2.29. The zero-order valence-electron chi connectivity index (χ0n) is 11.1. The maximum Gasteiger partial charge on any atom is 0.209 e. The van der Waals surface area contributed by atoms with Crippen LogP contribution in [0.5, 0.6) is 0 Å². The fourth-order valence-corrected chi connectivity index (χ4v) is 1.63. The van der Waals surface area contributed by atoms with Gasteiger partial charge < -0.3 is 21.3 Å². The van der Waals surface area contributed by atoms with Crippen LogP contribution in [0, 0.1) is 6.57 Å². The highest BCUT2D eigenvalue weighted by Crippen LogP contribution is 2.27. The van der Waals surface area contributed by atoms with Crippen LogP contribution >= 0.6 is 12.4 Å². The summed E-state index contributed by atoms with van der Waals surface area (Å²) in [5, 5.41) is 21.8. The molecule has 0 saturated carbocycles. The molecule has 0 saturated heterocycles. The van der Waals surface area contributed by atoms with Crippen LogP contribution < -0.4 is 11.1 Å². The molecule has 0 bridgehead atoms. The summed E-state index contributed by atoms with van der Waals surface area (Å²) in [5.74, 6) is 0. The highest BCUT2D eigenvalue weighted by Gasteiger charge is 2.22. The van der Waals surface area contributed by atoms with Crippen molar-refractivity contribution in [3.05, 3.63) is 35.2 Å². The fourth-order valence-electron chi connectivity index (χ4n) is 1.63. The number of anilines is 1. The van der Waals surface area contributed by atoms with Gasteiger partial charge in [-0.15, -0.1) is 12.4 Å². The molecule has 0 fully saturated rings. The average Bonchev–Trinajstić information content (AvgIpc) is 2.37. The van der Waals surface area contributed by atoms with Crippen LogP contribution in [0.2, 0.25) is 0 Å². The van der Waals surface area contributed by atoms with Crippen molar-refractivity contribution in [3.63, 3.8) is 0 Å². The molecule has 0 aliphatic carbocycles. The lowest BCUT2D eigenvalue weighted by Crippen LogP contribution is -2.45. The molecule has 0 radical (unpaired) electrons. The van der Waals surface area contributed by atoms with Crippen molar-refractivity contribution < 1.29 is 10.2 Å². The summed E-state index contributed by atoms with van der Waals surface area (Å²) < 4.78 is 0. The Morgan fingerprint density at radius 1 is 1.42 bits per heavy atom. The zero-order valence-corrected chi connectivity index (χ0v) is 11.9. The molecule has 0 aromatic heterocycles. The molecular formula is C13H20ClN3O2. The Labute approximate surface area is 119 Å². The zero-order chi connectivity index (χ0) is 13.8. The monoisotopic (exact) mass is 285 g/mol. The van der Waals surface area contributed by atoms with E-state index in [1.54, 1.807) is 18.2 Å².